The molecule has 0 spiro atoms. The van der Waals surface area contributed by atoms with E-state index in [9.17, 15) is 0 Å². The average molecular weight is 313 g/mol. The van der Waals surface area contributed by atoms with Crippen LogP contribution < -0.4 is 5.73 Å². The van der Waals surface area contributed by atoms with Crippen LogP contribution >= 0.6 is 27.3 Å². The average Bonchev–Trinajstić information content (AvgIpc) is 2.67. The van der Waals surface area contributed by atoms with Gasteiger partial charge in [0.1, 0.15) is 5.01 Å². The molecule has 17 heavy (non-hydrogen) atoms. The first-order chi connectivity index (χ1) is 8.13. The number of halogens is 1. The molecule has 1 heterocycles. The first-order valence-electron chi connectivity index (χ1n) is 5.14. The predicted octanol–water partition coefficient (Wildman–Crippen LogP) is 2.51. The van der Waals surface area contributed by atoms with Crippen LogP contribution in [-0.4, -0.2) is 22.1 Å². The van der Waals surface area contributed by atoms with Crippen molar-refractivity contribution in [1.29, 1.82) is 0 Å². The highest BCUT2D eigenvalue weighted by molar-refractivity contribution is 9.10. The second-order valence-electron chi connectivity index (χ2n) is 3.83. The van der Waals surface area contributed by atoms with E-state index in [0.717, 1.165) is 22.6 Å². The van der Waals surface area contributed by atoms with Crippen LogP contribution in [0, 0.1) is 0 Å². The lowest BCUT2D eigenvalue weighted by atomic mass is 10.2. The fourth-order valence-corrected chi connectivity index (χ4v) is 2.47. The first kappa shape index (κ1) is 12.5. The van der Waals surface area contributed by atoms with Crippen LogP contribution in [0.3, 0.4) is 0 Å². The van der Waals surface area contributed by atoms with E-state index < -0.39 is 0 Å². The van der Waals surface area contributed by atoms with Crippen LogP contribution in [0.1, 0.15) is 10.6 Å². The molecule has 0 saturated carbocycles. The number of nitrogens with two attached hydrogens (primary N) is 1. The van der Waals surface area contributed by atoms with Gasteiger partial charge in [0, 0.05) is 11.0 Å². The molecule has 0 radical (unpaired) electrons. The number of hydrogen-bond donors (Lipinski definition) is 1. The fraction of sp³-hybridized carbons (Fsp3) is 0.273. The van der Waals surface area contributed by atoms with Crippen molar-refractivity contribution in [2.45, 2.75) is 13.1 Å². The van der Waals surface area contributed by atoms with Crippen LogP contribution in [0.5, 0.6) is 0 Å². The number of benzene rings is 1. The fourth-order valence-electron chi connectivity index (χ4n) is 1.52. The molecular weight excluding hydrogens is 300 g/mol. The summed E-state index contributed by atoms with van der Waals surface area (Å²) in [7, 11) is 2.06. The van der Waals surface area contributed by atoms with Crippen LogP contribution in [0.15, 0.2) is 28.7 Å². The van der Waals surface area contributed by atoms with Crippen molar-refractivity contribution in [3.8, 4) is 0 Å². The van der Waals surface area contributed by atoms with Gasteiger partial charge in [-0.2, -0.15) is 0 Å². The van der Waals surface area contributed by atoms with E-state index in [4.69, 9.17) is 5.73 Å². The maximum atomic E-state index is 5.54. The second-order valence-corrected chi connectivity index (χ2v) is 5.84. The number of aromatic nitrogens is 2. The zero-order chi connectivity index (χ0) is 12.3. The van der Waals surface area contributed by atoms with Gasteiger partial charge in [-0.1, -0.05) is 39.4 Å². The van der Waals surface area contributed by atoms with E-state index in [1.54, 1.807) is 0 Å². The van der Waals surface area contributed by atoms with Crippen molar-refractivity contribution in [3.63, 3.8) is 0 Å². The maximum Gasteiger partial charge on any atom is 0.203 e. The molecule has 0 atom stereocenters. The Morgan fingerprint density at radius 3 is 2.53 bits per heavy atom. The van der Waals surface area contributed by atoms with Crippen LogP contribution in [-0.2, 0) is 13.1 Å². The van der Waals surface area contributed by atoms with Gasteiger partial charge in [0.05, 0.1) is 6.54 Å². The standard InChI is InChI=1S/C11H13BrN4S/c1-16(7-10-14-15-11(13)17-10)6-8-2-4-9(12)5-3-8/h2-5H,6-7H2,1H3,(H2,13,15). The molecular formula is C11H13BrN4S. The van der Waals surface area contributed by atoms with Gasteiger partial charge in [-0.05, 0) is 24.7 Å². The number of hydrogen-bond acceptors (Lipinski definition) is 5. The van der Waals surface area contributed by atoms with Gasteiger partial charge >= 0.3 is 0 Å². The van der Waals surface area contributed by atoms with Crippen molar-refractivity contribution in [3.05, 3.63) is 39.3 Å². The number of anilines is 1. The summed E-state index contributed by atoms with van der Waals surface area (Å²) in [4.78, 5) is 2.18. The van der Waals surface area contributed by atoms with E-state index in [2.05, 4.69) is 50.2 Å². The molecule has 0 fully saturated rings. The maximum absolute atomic E-state index is 5.54. The molecule has 4 nitrogen and oxygen atoms in total. The van der Waals surface area contributed by atoms with E-state index in [-0.39, 0.29) is 0 Å². The molecule has 0 saturated heterocycles. The summed E-state index contributed by atoms with van der Waals surface area (Å²) in [5, 5.41) is 9.28. The monoisotopic (exact) mass is 312 g/mol. The molecule has 2 N–H and O–H groups in total. The molecule has 0 aliphatic rings. The molecule has 0 amide bonds. The van der Waals surface area contributed by atoms with Crippen LogP contribution in [0.25, 0.3) is 0 Å². The second kappa shape index (κ2) is 5.57. The van der Waals surface area contributed by atoms with Crippen molar-refractivity contribution in [1.82, 2.24) is 15.1 Å². The molecule has 90 valence electrons. The number of rotatable bonds is 4. The summed E-state index contributed by atoms with van der Waals surface area (Å²) >= 11 is 4.86. The van der Waals surface area contributed by atoms with E-state index in [1.165, 1.54) is 16.9 Å². The summed E-state index contributed by atoms with van der Waals surface area (Å²) in [5.41, 5.74) is 6.82. The third kappa shape index (κ3) is 3.76. The zero-order valence-electron chi connectivity index (χ0n) is 9.43. The predicted molar refractivity (Wildman–Crippen MR) is 73.6 cm³/mol. The summed E-state index contributed by atoms with van der Waals surface area (Å²) in [6, 6.07) is 8.31. The van der Waals surface area contributed by atoms with E-state index in [0.29, 0.717) is 5.13 Å². The Morgan fingerprint density at radius 2 is 1.94 bits per heavy atom. The minimum absolute atomic E-state index is 0.525. The van der Waals surface area contributed by atoms with Crippen molar-refractivity contribution in [2.24, 2.45) is 0 Å². The topological polar surface area (TPSA) is 55.0 Å². The highest BCUT2D eigenvalue weighted by Crippen LogP contribution is 2.15. The quantitative estimate of drug-likeness (QED) is 0.942. The Kier molecular flexibility index (Phi) is 4.09. The highest BCUT2D eigenvalue weighted by Gasteiger charge is 2.06. The Balaban J connectivity index is 1.93. The molecule has 2 rings (SSSR count). The zero-order valence-corrected chi connectivity index (χ0v) is 11.8. The molecule has 0 unspecified atom stereocenters. The minimum atomic E-state index is 0.525. The van der Waals surface area contributed by atoms with E-state index in [1.807, 2.05) is 12.1 Å². The Labute approximate surface area is 113 Å². The van der Waals surface area contributed by atoms with Crippen LogP contribution in [0.2, 0.25) is 0 Å². The van der Waals surface area contributed by atoms with Crippen molar-refractivity contribution < 1.29 is 0 Å². The van der Waals surface area contributed by atoms with E-state index >= 15 is 0 Å². The van der Waals surface area contributed by atoms with Gasteiger partial charge < -0.3 is 5.73 Å². The summed E-state index contributed by atoms with van der Waals surface area (Å²) in [6.45, 7) is 1.65. The number of nitrogens with zero attached hydrogens (tertiary/aromatic N) is 3. The van der Waals surface area contributed by atoms with Gasteiger partial charge in [0.2, 0.25) is 5.13 Å². The lowest BCUT2D eigenvalue weighted by Gasteiger charge is -2.14. The van der Waals surface area contributed by atoms with Gasteiger partial charge in [0.15, 0.2) is 0 Å². The lowest BCUT2D eigenvalue weighted by molar-refractivity contribution is 0.317. The molecule has 0 bridgehead atoms. The molecule has 1 aromatic heterocycles. The van der Waals surface area contributed by atoms with Crippen molar-refractivity contribution >= 4 is 32.4 Å². The summed E-state index contributed by atoms with van der Waals surface area (Å²) < 4.78 is 1.10. The first-order valence-corrected chi connectivity index (χ1v) is 6.75. The summed E-state index contributed by atoms with van der Waals surface area (Å²) in [5.74, 6) is 0. The lowest BCUT2D eigenvalue weighted by Crippen LogP contribution is -2.17. The van der Waals surface area contributed by atoms with Gasteiger partial charge in [0.25, 0.3) is 0 Å². The van der Waals surface area contributed by atoms with Gasteiger partial charge in [-0.25, -0.2) is 0 Å². The molecule has 6 heteroatoms. The Hall–Kier alpha value is -0.980. The SMILES string of the molecule is CN(Cc1ccc(Br)cc1)Cc1nnc(N)s1. The Bertz CT molecular complexity index is 482. The molecule has 0 aliphatic carbocycles. The largest absolute Gasteiger partial charge is 0.374 e. The molecule has 1 aromatic carbocycles. The van der Waals surface area contributed by atoms with Gasteiger partial charge in [-0.3, -0.25) is 4.90 Å². The van der Waals surface area contributed by atoms with Gasteiger partial charge in [-0.15, -0.1) is 10.2 Å². The Morgan fingerprint density at radius 1 is 1.24 bits per heavy atom. The third-order valence-electron chi connectivity index (χ3n) is 2.25. The summed E-state index contributed by atoms with van der Waals surface area (Å²) in [6.07, 6.45) is 0. The number of nitrogen functional groups attached to an aromatic ring is 1. The van der Waals surface area contributed by atoms with Crippen LogP contribution in [0.4, 0.5) is 5.13 Å². The van der Waals surface area contributed by atoms with Crippen molar-refractivity contribution in [2.75, 3.05) is 12.8 Å². The smallest absolute Gasteiger partial charge is 0.203 e. The molecule has 0 aliphatic heterocycles. The highest BCUT2D eigenvalue weighted by atomic mass is 79.9. The third-order valence-corrected chi connectivity index (χ3v) is 3.52. The normalized spacial score (nSPS) is 11.0. The minimum Gasteiger partial charge on any atom is -0.374 e. The molecule has 2 aromatic rings.